The number of nitrogens with one attached hydrogen (secondary N) is 1. The topological polar surface area (TPSA) is 32.3 Å². The molecule has 2 atom stereocenters. The van der Waals surface area contributed by atoms with E-state index >= 15 is 0 Å². The first kappa shape index (κ1) is 14.5. The van der Waals surface area contributed by atoms with Crippen LogP contribution in [0.25, 0.3) is 0 Å². The van der Waals surface area contributed by atoms with Crippen LogP contribution in [0.3, 0.4) is 0 Å². The van der Waals surface area contributed by atoms with E-state index in [9.17, 15) is 4.79 Å². The van der Waals surface area contributed by atoms with Crippen LogP contribution in [0.2, 0.25) is 0 Å². The van der Waals surface area contributed by atoms with Gasteiger partial charge < -0.3 is 10.2 Å². The highest BCUT2D eigenvalue weighted by atomic mass is 16.2. The van der Waals surface area contributed by atoms with Crippen LogP contribution in [0, 0.1) is 0 Å². The average molecular weight is 306 g/mol. The second kappa shape index (κ2) is 5.82. The molecule has 0 unspecified atom stereocenters. The van der Waals surface area contributed by atoms with Gasteiger partial charge in [-0.1, -0.05) is 48.5 Å². The van der Waals surface area contributed by atoms with Crippen molar-refractivity contribution in [1.82, 2.24) is 10.2 Å². The second-order valence-electron chi connectivity index (χ2n) is 6.49. The summed E-state index contributed by atoms with van der Waals surface area (Å²) in [6.07, 6.45) is 2.00. The Morgan fingerprint density at radius 2 is 1.65 bits per heavy atom. The smallest absolute Gasteiger partial charge is 0.220 e. The van der Waals surface area contributed by atoms with Crippen molar-refractivity contribution in [3.05, 3.63) is 70.8 Å². The van der Waals surface area contributed by atoms with E-state index in [4.69, 9.17) is 0 Å². The van der Waals surface area contributed by atoms with Crippen LogP contribution in [-0.2, 0) is 17.6 Å². The maximum Gasteiger partial charge on any atom is 0.220 e. The number of carbonyl (C=O) groups is 1. The molecule has 118 valence electrons. The Kier molecular flexibility index (Phi) is 3.66. The van der Waals surface area contributed by atoms with Gasteiger partial charge in [-0.15, -0.1) is 0 Å². The molecule has 0 fully saturated rings. The van der Waals surface area contributed by atoms with Crippen LogP contribution >= 0.6 is 0 Å². The van der Waals surface area contributed by atoms with Gasteiger partial charge in [0.15, 0.2) is 0 Å². The Morgan fingerprint density at radius 1 is 1.00 bits per heavy atom. The summed E-state index contributed by atoms with van der Waals surface area (Å²) >= 11 is 0. The molecule has 2 aromatic carbocycles. The molecule has 0 saturated heterocycles. The van der Waals surface area contributed by atoms with Crippen LogP contribution in [0.1, 0.15) is 41.3 Å². The molecule has 1 amide bonds. The summed E-state index contributed by atoms with van der Waals surface area (Å²) in [5.74, 6) is 0.161. The van der Waals surface area contributed by atoms with Crippen molar-refractivity contribution in [1.29, 1.82) is 0 Å². The third-order valence-electron chi connectivity index (χ3n) is 5.20. The lowest BCUT2D eigenvalue weighted by atomic mass is 9.82. The summed E-state index contributed by atoms with van der Waals surface area (Å²) in [5.41, 5.74) is 5.41. The van der Waals surface area contributed by atoms with E-state index in [2.05, 4.69) is 53.8 Å². The quantitative estimate of drug-likeness (QED) is 0.878. The molecule has 0 radical (unpaired) electrons. The molecule has 2 aliphatic rings. The minimum Gasteiger partial charge on any atom is -0.334 e. The normalized spacial score (nSPS) is 23.1. The van der Waals surface area contributed by atoms with Crippen LogP contribution in [0.4, 0.5) is 0 Å². The SMILES string of the molecule is CC(=O)N1CCc2ccccc2[C@@H]1[C@H]1NCCc2ccccc21. The molecule has 1 N–H and O–H groups in total. The van der Waals surface area contributed by atoms with E-state index in [1.165, 1.54) is 22.3 Å². The highest BCUT2D eigenvalue weighted by Gasteiger charge is 2.37. The minimum absolute atomic E-state index is 0.0823. The Hall–Kier alpha value is -2.13. The maximum absolute atomic E-state index is 12.3. The fraction of sp³-hybridized carbons (Fsp3) is 0.350. The minimum atomic E-state index is 0.0823. The summed E-state index contributed by atoms with van der Waals surface area (Å²) < 4.78 is 0. The summed E-state index contributed by atoms with van der Waals surface area (Å²) in [7, 11) is 0. The number of fused-ring (bicyclic) bond motifs is 2. The van der Waals surface area contributed by atoms with Crippen molar-refractivity contribution in [2.75, 3.05) is 13.1 Å². The number of benzene rings is 2. The predicted octanol–water partition coefficient (Wildman–Crippen LogP) is 3.02. The molecule has 4 rings (SSSR count). The van der Waals surface area contributed by atoms with E-state index in [0.717, 1.165) is 25.9 Å². The summed E-state index contributed by atoms with van der Waals surface area (Å²) in [4.78, 5) is 14.3. The molecule has 0 aliphatic carbocycles. The number of carbonyl (C=O) groups excluding carboxylic acids is 1. The van der Waals surface area contributed by atoms with E-state index < -0.39 is 0 Å². The molecule has 3 heteroatoms. The first-order valence-corrected chi connectivity index (χ1v) is 8.42. The Balaban J connectivity index is 1.83. The van der Waals surface area contributed by atoms with Gasteiger partial charge in [0, 0.05) is 13.5 Å². The molecule has 2 aromatic rings. The molecule has 0 aromatic heterocycles. The van der Waals surface area contributed by atoms with Crippen molar-refractivity contribution in [3.8, 4) is 0 Å². The van der Waals surface area contributed by atoms with E-state index in [1.54, 1.807) is 6.92 Å². The number of hydrogen-bond acceptors (Lipinski definition) is 2. The van der Waals surface area contributed by atoms with Gasteiger partial charge in [0.1, 0.15) is 0 Å². The van der Waals surface area contributed by atoms with Gasteiger partial charge in [-0.25, -0.2) is 0 Å². The monoisotopic (exact) mass is 306 g/mol. The van der Waals surface area contributed by atoms with E-state index in [0.29, 0.717) is 0 Å². The van der Waals surface area contributed by atoms with Gasteiger partial charge >= 0.3 is 0 Å². The summed E-state index contributed by atoms with van der Waals surface area (Å²) in [5, 5.41) is 3.68. The van der Waals surface area contributed by atoms with E-state index in [1.807, 2.05) is 4.90 Å². The Labute approximate surface area is 137 Å². The standard InChI is InChI=1S/C20H22N2O/c1-14(23)22-13-11-16-7-3-5-9-18(16)20(22)19-17-8-4-2-6-15(17)10-12-21-19/h2-9,19-21H,10-13H2,1H3/t19-,20+/m0/s1. The van der Waals surface area contributed by atoms with Gasteiger partial charge in [0.25, 0.3) is 0 Å². The van der Waals surface area contributed by atoms with Crippen LogP contribution in [0.15, 0.2) is 48.5 Å². The van der Waals surface area contributed by atoms with Crippen molar-refractivity contribution < 1.29 is 4.79 Å². The first-order chi connectivity index (χ1) is 11.3. The highest BCUT2D eigenvalue weighted by molar-refractivity contribution is 5.74. The third-order valence-corrected chi connectivity index (χ3v) is 5.20. The largest absolute Gasteiger partial charge is 0.334 e. The molecule has 3 nitrogen and oxygen atoms in total. The lowest BCUT2D eigenvalue weighted by Crippen LogP contribution is -2.46. The number of rotatable bonds is 1. The molecule has 2 heterocycles. The van der Waals surface area contributed by atoms with Crippen molar-refractivity contribution in [2.24, 2.45) is 0 Å². The number of amides is 1. The molecule has 23 heavy (non-hydrogen) atoms. The van der Waals surface area contributed by atoms with Gasteiger partial charge in [-0.2, -0.15) is 0 Å². The first-order valence-electron chi connectivity index (χ1n) is 8.42. The predicted molar refractivity (Wildman–Crippen MR) is 91.2 cm³/mol. The fourth-order valence-corrected chi connectivity index (χ4v) is 4.13. The fourth-order valence-electron chi connectivity index (χ4n) is 4.13. The zero-order valence-electron chi connectivity index (χ0n) is 13.5. The van der Waals surface area contributed by atoms with E-state index in [-0.39, 0.29) is 18.0 Å². The zero-order chi connectivity index (χ0) is 15.8. The van der Waals surface area contributed by atoms with Gasteiger partial charge in [0.05, 0.1) is 12.1 Å². The Morgan fingerprint density at radius 3 is 2.39 bits per heavy atom. The van der Waals surface area contributed by atoms with Crippen molar-refractivity contribution >= 4 is 5.91 Å². The summed E-state index contributed by atoms with van der Waals surface area (Å²) in [6.45, 7) is 3.46. The molecule has 0 saturated carbocycles. The molecule has 2 aliphatic heterocycles. The number of hydrogen-bond donors (Lipinski definition) is 1. The zero-order valence-corrected chi connectivity index (χ0v) is 13.5. The molecular formula is C20H22N2O. The average Bonchev–Trinajstić information content (AvgIpc) is 2.60. The van der Waals surface area contributed by atoms with Gasteiger partial charge in [-0.05, 0) is 41.6 Å². The van der Waals surface area contributed by atoms with Crippen LogP contribution in [0.5, 0.6) is 0 Å². The van der Waals surface area contributed by atoms with Gasteiger partial charge in [-0.3, -0.25) is 4.79 Å². The van der Waals surface area contributed by atoms with Gasteiger partial charge in [0.2, 0.25) is 5.91 Å². The third kappa shape index (κ3) is 2.45. The maximum atomic E-state index is 12.3. The molecule has 0 spiro atoms. The lowest BCUT2D eigenvalue weighted by Gasteiger charge is -2.43. The van der Waals surface area contributed by atoms with Crippen LogP contribution in [-0.4, -0.2) is 23.9 Å². The summed E-state index contributed by atoms with van der Waals surface area (Å²) in [6, 6.07) is 17.5. The van der Waals surface area contributed by atoms with Crippen LogP contribution < -0.4 is 5.32 Å². The second-order valence-corrected chi connectivity index (χ2v) is 6.49. The number of nitrogens with zero attached hydrogens (tertiary/aromatic N) is 1. The lowest BCUT2D eigenvalue weighted by molar-refractivity contribution is -0.132. The highest BCUT2D eigenvalue weighted by Crippen LogP contribution is 2.41. The molecule has 0 bridgehead atoms. The molecular weight excluding hydrogens is 284 g/mol. The Bertz CT molecular complexity index is 740. The van der Waals surface area contributed by atoms with Crippen molar-refractivity contribution in [2.45, 2.75) is 31.8 Å². The van der Waals surface area contributed by atoms with Crippen molar-refractivity contribution in [3.63, 3.8) is 0 Å².